The van der Waals surface area contributed by atoms with Gasteiger partial charge in [0, 0.05) is 0 Å². The molecule has 2 N–H and O–H groups in total. The Labute approximate surface area is 126 Å². The van der Waals surface area contributed by atoms with Crippen LogP contribution in [0.3, 0.4) is 0 Å². The molecule has 0 heterocycles. The van der Waals surface area contributed by atoms with Crippen molar-refractivity contribution in [2.45, 2.75) is 104 Å². The Morgan fingerprint density at radius 2 is 1.35 bits per heavy atom. The molecule has 0 rings (SSSR count). The largest absolute Gasteiger partial charge is 0.409 e. The van der Waals surface area contributed by atoms with Gasteiger partial charge in [0.2, 0.25) is 0 Å². The van der Waals surface area contributed by atoms with Gasteiger partial charge in [0.25, 0.3) is 0 Å². The van der Waals surface area contributed by atoms with Crippen molar-refractivity contribution in [2.24, 2.45) is 0 Å². The minimum Gasteiger partial charge on any atom is -0.192 e. The van der Waals surface area contributed by atoms with E-state index in [0.29, 0.717) is 0 Å². The van der Waals surface area contributed by atoms with Crippen LogP contribution in [0.4, 0.5) is 0 Å². The molecule has 0 aliphatic heterocycles. The summed E-state index contributed by atoms with van der Waals surface area (Å²) in [6, 6.07) is 0. The third kappa shape index (κ3) is 8.56. The van der Waals surface area contributed by atoms with Crippen molar-refractivity contribution < 1.29 is 14.3 Å². The molecule has 0 aromatic carbocycles. The van der Waals surface area contributed by atoms with E-state index in [1.165, 1.54) is 12.8 Å². The number of rotatable bonds is 13. The van der Waals surface area contributed by atoms with Gasteiger partial charge in [-0.3, -0.25) is 0 Å². The van der Waals surface area contributed by atoms with E-state index in [-0.39, 0.29) is 11.8 Å². The highest BCUT2D eigenvalue weighted by molar-refractivity contribution is 7.60. The van der Waals surface area contributed by atoms with Crippen LogP contribution in [0.2, 0.25) is 0 Å². The zero-order valence-electron chi connectivity index (χ0n) is 14.0. The summed E-state index contributed by atoms with van der Waals surface area (Å²) < 4.78 is 5.74. The fourth-order valence-electron chi connectivity index (χ4n) is 2.50. The molecule has 0 aromatic heterocycles. The summed E-state index contributed by atoms with van der Waals surface area (Å²) in [5.74, 6) is 0. The molecule has 20 heavy (non-hydrogen) atoms. The summed E-state index contributed by atoms with van der Waals surface area (Å²) in [7, 11) is -3.21. The number of hydrogen-bond donors (Lipinski definition) is 2. The van der Waals surface area contributed by atoms with Crippen molar-refractivity contribution in [3.8, 4) is 0 Å². The predicted molar refractivity (Wildman–Crippen MR) is 88.9 cm³/mol. The maximum absolute atomic E-state index is 10.4. The quantitative estimate of drug-likeness (QED) is 0.350. The third-order valence-electron chi connectivity index (χ3n) is 3.98. The molecule has 2 unspecified atom stereocenters. The first-order valence-corrected chi connectivity index (χ1v) is 10.2. The number of unbranched alkanes of at least 4 members (excludes halogenated alkanes) is 4. The van der Waals surface area contributed by atoms with Gasteiger partial charge in [-0.05, 0) is 32.1 Å². The Hall–Kier alpha value is 0.310. The summed E-state index contributed by atoms with van der Waals surface area (Å²) in [6.45, 7) is 8.43. The van der Waals surface area contributed by atoms with Gasteiger partial charge in [0.15, 0.2) is 5.66 Å². The molecule has 0 aliphatic rings. The standard InChI is InChI=1S/C16H36O3P/c1-5-9-11-13-15(7-3)19-20(17,18)16(8-4)14-12-10-6-2/h15-18H,5-14H2,1-4H3/q+1. The van der Waals surface area contributed by atoms with E-state index in [0.717, 1.165) is 51.4 Å². The second-order valence-corrected chi connectivity index (χ2v) is 7.90. The lowest BCUT2D eigenvalue weighted by Gasteiger charge is -2.24. The van der Waals surface area contributed by atoms with Gasteiger partial charge in [-0.25, -0.2) is 0 Å². The molecule has 0 radical (unpaired) electrons. The van der Waals surface area contributed by atoms with Crippen LogP contribution in [0.1, 0.15) is 91.9 Å². The molecule has 0 spiro atoms. The lowest BCUT2D eigenvalue weighted by molar-refractivity contribution is 0.131. The summed E-state index contributed by atoms with van der Waals surface area (Å²) in [4.78, 5) is 20.8. The summed E-state index contributed by atoms with van der Waals surface area (Å²) in [6.07, 6.45) is 10.3. The van der Waals surface area contributed by atoms with E-state index in [1.807, 2.05) is 6.92 Å². The molecular weight excluding hydrogens is 271 g/mol. The Morgan fingerprint density at radius 1 is 0.800 bits per heavy atom. The van der Waals surface area contributed by atoms with Crippen molar-refractivity contribution in [3.05, 3.63) is 0 Å². The average Bonchev–Trinajstić information content (AvgIpc) is 2.42. The minimum absolute atomic E-state index is 0.00473. The second kappa shape index (κ2) is 11.9. The molecule has 0 aromatic rings. The Kier molecular flexibility index (Phi) is 12.1. The van der Waals surface area contributed by atoms with Crippen molar-refractivity contribution in [1.29, 1.82) is 0 Å². The molecule has 0 saturated carbocycles. The van der Waals surface area contributed by atoms with E-state index in [9.17, 15) is 9.79 Å². The SMILES string of the molecule is CCCCCC(CC)O[P+](O)(O)C(CC)CCCCC. The first-order chi connectivity index (χ1) is 9.51. The smallest absolute Gasteiger partial charge is 0.192 e. The highest BCUT2D eigenvalue weighted by atomic mass is 31.2. The van der Waals surface area contributed by atoms with Crippen LogP contribution in [0.25, 0.3) is 0 Å². The maximum atomic E-state index is 10.4. The Morgan fingerprint density at radius 3 is 1.80 bits per heavy atom. The fraction of sp³-hybridized carbons (Fsp3) is 1.00. The zero-order chi connectivity index (χ0) is 15.4. The van der Waals surface area contributed by atoms with E-state index in [2.05, 4.69) is 20.8 Å². The van der Waals surface area contributed by atoms with E-state index < -0.39 is 7.94 Å². The van der Waals surface area contributed by atoms with Crippen LogP contribution in [0.15, 0.2) is 0 Å². The van der Waals surface area contributed by atoms with Crippen LogP contribution in [0.5, 0.6) is 0 Å². The van der Waals surface area contributed by atoms with Crippen molar-refractivity contribution in [1.82, 2.24) is 0 Å². The van der Waals surface area contributed by atoms with Crippen molar-refractivity contribution in [2.75, 3.05) is 0 Å². The summed E-state index contributed by atoms with van der Waals surface area (Å²) in [5, 5.41) is 0. The Bertz CT molecular complexity index is 222. The molecule has 4 heteroatoms. The fourth-order valence-corrected chi connectivity index (χ4v) is 4.36. The van der Waals surface area contributed by atoms with Gasteiger partial charge >= 0.3 is 7.94 Å². The molecular formula is C16H36O3P+. The minimum atomic E-state index is -3.21. The Balaban J connectivity index is 4.32. The first kappa shape index (κ1) is 20.3. The lowest BCUT2D eigenvalue weighted by Crippen LogP contribution is -2.21. The molecule has 0 amide bonds. The van der Waals surface area contributed by atoms with Gasteiger partial charge in [-0.15, -0.1) is 0 Å². The van der Waals surface area contributed by atoms with Gasteiger partial charge in [0.1, 0.15) is 6.10 Å². The molecule has 0 bridgehead atoms. The highest BCUT2D eigenvalue weighted by Gasteiger charge is 2.46. The van der Waals surface area contributed by atoms with Crippen molar-refractivity contribution in [3.63, 3.8) is 0 Å². The highest BCUT2D eigenvalue weighted by Crippen LogP contribution is 2.60. The number of hydrogen-bond acceptors (Lipinski definition) is 3. The topological polar surface area (TPSA) is 49.7 Å². The third-order valence-corrected chi connectivity index (χ3v) is 6.16. The first-order valence-electron chi connectivity index (χ1n) is 8.54. The van der Waals surface area contributed by atoms with E-state index in [1.54, 1.807) is 0 Å². The average molecular weight is 307 g/mol. The summed E-state index contributed by atoms with van der Waals surface area (Å²) in [5.41, 5.74) is -0.0747. The molecule has 0 saturated heterocycles. The molecule has 122 valence electrons. The molecule has 0 fully saturated rings. The second-order valence-electron chi connectivity index (χ2n) is 5.78. The molecule has 2 atom stereocenters. The van der Waals surface area contributed by atoms with Crippen LogP contribution >= 0.6 is 7.94 Å². The predicted octanol–water partition coefficient (Wildman–Crippen LogP) is 5.47. The van der Waals surface area contributed by atoms with Crippen LogP contribution in [-0.2, 0) is 4.52 Å². The van der Waals surface area contributed by atoms with E-state index in [4.69, 9.17) is 4.52 Å². The maximum Gasteiger partial charge on any atom is 0.409 e. The van der Waals surface area contributed by atoms with Gasteiger partial charge in [0.05, 0.1) is 0 Å². The summed E-state index contributed by atoms with van der Waals surface area (Å²) >= 11 is 0. The lowest BCUT2D eigenvalue weighted by atomic mass is 10.1. The molecule has 0 aliphatic carbocycles. The monoisotopic (exact) mass is 307 g/mol. The van der Waals surface area contributed by atoms with E-state index >= 15 is 0 Å². The molecule has 3 nitrogen and oxygen atoms in total. The van der Waals surface area contributed by atoms with Gasteiger partial charge in [-0.1, -0.05) is 59.8 Å². The zero-order valence-corrected chi connectivity index (χ0v) is 14.9. The van der Waals surface area contributed by atoms with Crippen LogP contribution in [0, 0.1) is 0 Å². The van der Waals surface area contributed by atoms with Gasteiger partial charge in [-0.2, -0.15) is 14.3 Å². The van der Waals surface area contributed by atoms with Crippen LogP contribution in [-0.4, -0.2) is 21.5 Å². The van der Waals surface area contributed by atoms with Gasteiger partial charge < -0.3 is 0 Å². The normalized spacial score (nSPS) is 15.3. The van der Waals surface area contributed by atoms with Crippen molar-refractivity contribution >= 4 is 7.94 Å². The van der Waals surface area contributed by atoms with Crippen LogP contribution < -0.4 is 0 Å².